The van der Waals surface area contributed by atoms with Crippen LogP contribution in [0, 0.1) is 0 Å². The van der Waals surface area contributed by atoms with Gasteiger partial charge >= 0.3 is 0 Å². The Hall–Kier alpha value is -1.96. The fourth-order valence-corrected chi connectivity index (χ4v) is 4.10. The number of pyridine rings is 1. The molecule has 28 heavy (non-hydrogen) atoms. The molecule has 0 unspecified atom stereocenters. The zero-order valence-corrected chi connectivity index (χ0v) is 17.4. The molecular weight excluding hydrogens is 420 g/mol. The number of nitrogens with zero attached hydrogens (tertiary/aromatic N) is 3. The molecule has 0 aliphatic carbocycles. The van der Waals surface area contributed by atoms with Crippen molar-refractivity contribution < 1.29 is 9.53 Å². The second-order valence-electron chi connectivity index (χ2n) is 7.19. The molecule has 1 aromatic carbocycles. The highest BCUT2D eigenvalue weighted by atomic mass is 79.9. The van der Waals surface area contributed by atoms with E-state index in [2.05, 4.69) is 36.0 Å². The van der Waals surface area contributed by atoms with E-state index >= 15 is 0 Å². The van der Waals surface area contributed by atoms with Crippen LogP contribution in [0.15, 0.2) is 47.1 Å². The molecule has 6 nitrogen and oxygen atoms in total. The molecule has 2 aliphatic rings. The molecule has 3 heterocycles. The average molecular weight is 445 g/mol. The summed E-state index contributed by atoms with van der Waals surface area (Å²) in [4.78, 5) is 22.1. The van der Waals surface area contributed by atoms with E-state index in [1.54, 1.807) is 0 Å². The van der Waals surface area contributed by atoms with Crippen LogP contribution in [0.3, 0.4) is 0 Å². The molecule has 2 aliphatic heterocycles. The number of carbonyl (C=O) groups is 1. The van der Waals surface area contributed by atoms with Gasteiger partial charge in [-0.1, -0.05) is 28.1 Å². The van der Waals surface area contributed by atoms with Gasteiger partial charge in [-0.05, 0) is 55.8 Å². The Morgan fingerprint density at radius 1 is 1.04 bits per heavy atom. The van der Waals surface area contributed by atoms with E-state index in [1.807, 2.05) is 42.6 Å². The van der Waals surface area contributed by atoms with Crippen molar-refractivity contribution in [3.05, 3.63) is 52.6 Å². The Morgan fingerprint density at radius 2 is 1.75 bits per heavy atom. The monoisotopic (exact) mass is 444 g/mol. The standard InChI is InChI=1S/C21H25BrN4O2/c22-17-5-3-16(4-6-17)20(26-9-1-2-10-26)21(27)24-19-8-7-18(15-23-19)25-11-13-28-14-12-25/h3-8,15,20H,1-2,9-14H2,(H,23,24,27)/t20-/m1/s1. The van der Waals surface area contributed by atoms with Gasteiger partial charge in [-0.15, -0.1) is 0 Å². The van der Waals surface area contributed by atoms with Crippen LogP contribution in [0.2, 0.25) is 0 Å². The number of likely N-dealkylation sites (tertiary alicyclic amines) is 1. The number of morpholine rings is 1. The third kappa shape index (κ3) is 4.54. The minimum atomic E-state index is -0.295. The summed E-state index contributed by atoms with van der Waals surface area (Å²) in [6.07, 6.45) is 4.09. The van der Waals surface area contributed by atoms with Crippen molar-refractivity contribution in [2.24, 2.45) is 0 Å². The summed E-state index contributed by atoms with van der Waals surface area (Å²) in [7, 11) is 0. The van der Waals surface area contributed by atoms with Crippen molar-refractivity contribution in [3.8, 4) is 0 Å². The highest BCUT2D eigenvalue weighted by Gasteiger charge is 2.30. The van der Waals surface area contributed by atoms with E-state index in [0.29, 0.717) is 5.82 Å². The third-order valence-electron chi connectivity index (χ3n) is 5.32. The fourth-order valence-electron chi connectivity index (χ4n) is 3.84. The highest BCUT2D eigenvalue weighted by Crippen LogP contribution is 2.28. The van der Waals surface area contributed by atoms with Gasteiger partial charge in [0, 0.05) is 17.6 Å². The van der Waals surface area contributed by atoms with E-state index in [1.165, 1.54) is 0 Å². The van der Waals surface area contributed by atoms with Crippen LogP contribution >= 0.6 is 15.9 Å². The van der Waals surface area contributed by atoms with Gasteiger partial charge in [-0.25, -0.2) is 4.98 Å². The minimum absolute atomic E-state index is 0.0316. The molecule has 4 rings (SSSR count). The number of carbonyl (C=O) groups excluding carboxylic acids is 1. The lowest BCUT2D eigenvalue weighted by atomic mass is 10.0. The summed E-state index contributed by atoms with van der Waals surface area (Å²) >= 11 is 3.47. The van der Waals surface area contributed by atoms with Crippen LogP contribution in [0.5, 0.6) is 0 Å². The molecule has 148 valence electrons. The molecule has 1 aromatic heterocycles. The Balaban J connectivity index is 1.48. The second-order valence-corrected chi connectivity index (χ2v) is 8.10. The molecule has 1 N–H and O–H groups in total. The maximum absolute atomic E-state index is 13.1. The number of hydrogen-bond acceptors (Lipinski definition) is 5. The lowest BCUT2D eigenvalue weighted by molar-refractivity contribution is -0.121. The number of aromatic nitrogens is 1. The number of hydrogen-bond donors (Lipinski definition) is 1. The fraction of sp³-hybridized carbons (Fsp3) is 0.429. The smallest absolute Gasteiger partial charge is 0.247 e. The third-order valence-corrected chi connectivity index (χ3v) is 5.84. The van der Waals surface area contributed by atoms with Gasteiger partial charge in [0.1, 0.15) is 11.9 Å². The lowest BCUT2D eigenvalue weighted by Gasteiger charge is -2.29. The number of halogens is 1. The van der Waals surface area contributed by atoms with Crippen LogP contribution in [-0.2, 0) is 9.53 Å². The van der Waals surface area contributed by atoms with E-state index in [4.69, 9.17) is 4.74 Å². The van der Waals surface area contributed by atoms with Gasteiger partial charge in [0.25, 0.3) is 0 Å². The molecule has 2 saturated heterocycles. The van der Waals surface area contributed by atoms with Crippen molar-refractivity contribution in [3.63, 3.8) is 0 Å². The van der Waals surface area contributed by atoms with Gasteiger partial charge in [0.2, 0.25) is 5.91 Å². The van der Waals surface area contributed by atoms with Crippen molar-refractivity contribution >= 4 is 33.3 Å². The van der Waals surface area contributed by atoms with Gasteiger partial charge in [-0.2, -0.15) is 0 Å². The maximum Gasteiger partial charge on any atom is 0.247 e. The van der Waals surface area contributed by atoms with Crippen molar-refractivity contribution in [1.82, 2.24) is 9.88 Å². The van der Waals surface area contributed by atoms with E-state index < -0.39 is 0 Å². The van der Waals surface area contributed by atoms with Gasteiger partial charge < -0.3 is 15.0 Å². The Kier molecular flexibility index (Phi) is 6.24. The summed E-state index contributed by atoms with van der Waals surface area (Å²) in [5.41, 5.74) is 2.07. The normalized spacial score (nSPS) is 18.8. The second kappa shape index (κ2) is 9.03. The first-order valence-electron chi connectivity index (χ1n) is 9.80. The summed E-state index contributed by atoms with van der Waals surface area (Å²) in [5.74, 6) is 0.555. The number of anilines is 2. The maximum atomic E-state index is 13.1. The number of ether oxygens (including phenoxy) is 1. The molecule has 0 saturated carbocycles. The topological polar surface area (TPSA) is 57.7 Å². The molecule has 0 bridgehead atoms. The summed E-state index contributed by atoms with van der Waals surface area (Å²) in [6, 6.07) is 11.6. The minimum Gasteiger partial charge on any atom is -0.378 e. The predicted molar refractivity (Wildman–Crippen MR) is 114 cm³/mol. The number of benzene rings is 1. The highest BCUT2D eigenvalue weighted by molar-refractivity contribution is 9.10. The largest absolute Gasteiger partial charge is 0.378 e. The van der Waals surface area contributed by atoms with E-state index in [0.717, 1.165) is 68.0 Å². The Bertz CT molecular complexity index is 785. The van der Waals surface area contributed by atoms with Crippen molar-refractivity contribution in [2.75, 3.05) is 49.6 Å². The van der Waals surface area contributed by atoms with Crippen LogP contribution < -0.4 is 10.2 Å². The number of nitrogens with one attached hydrogen (secondary N) is 1. The molecular formula is C21H25BrN4O2. The van der Waals surface area contributed by atoms with Crippen molar-refractivity contribution in [2.45, 2.75) is 18.9 Å². The molecule has 1 amide bonds. The van der Waals surface area contributed by atoms with Crippen LogP contribution in [0.25, 0.3) is 0 Å². The van der Waals surface area contributed by atoms with Gasteiger partial charge in [0.05, 0.1) is 25.1 Å². The first-order valence-corrected chi connectivity index (χ1v) is 10.6. The van der Waals surface area contributed by atoms with Crippen LogP contribution in [-0.4, -0.2) is 55.2 Å². The van der Waals surface area contributed by atoms with E-state index in [9.17, 15) is 4.79 Å². The predicted octanol–water partition coefficient (Wildman–Crippen LogP) is 3.46. The molecule has 0 spiro atoms. The van der Waals surface area contributed by atoms with Crippen LogP contribution in [0.4, 0.5) is 11.5 Å². The molecule has 7 heteroatoms. The lowest BCUT2D eigenvalue weighted by Crippen LogP contribution is -2.36. The number of rotatable bonds is 5. The van der Waals surface area contributed by atoms with Gasteiger partial charge in [0.15, 0.2) is 0 Å². The summed E-state index contributed by atoms with van der Waals surface area (Å²) in [6.45, 7) is 5.10. The average Bonchev–Trinajstić information content (AvgIpc) is 3.25. The first-order chi connectivity index (χ1) is 13.7. The SMILES string of the molecule is O=C(Nc1ccc(N2CCOCC2)cn1)[C@@H](c1ccc(Br)cc1)N1CCCC1. The molecule has 0 radical (unpaired) electrons. The zero-order valence-electron chi connectivity index (χ0n) is 15.8. The van der Waals surface area contributed by atoms with E-state index in [-0.39, 0.29) is 11.9 Å². The Labute approximate surface area is 174 Å². The van der Waals surface area contributed by atoms with Gasteiger partial charge in [-0.3, -0.25) is 9.69 Å². The van der Waals surface area contributed by atoms with Crippen molar-refractivity contribution in [1.29, 1.82) is 0 Å². The molecule has 2 fully saturated rings. The summed E-state index contributed by atoms with van der Waals surface area (Å²) in [5, 5.41) is 3.02. The number of amides is 1. The molecule has 2 aromatic rings. The summed E-state index contributed by atoms with van der Waals surface area (Å²) < 4.78 is 6.41. The first kappa shape index (κ1) is 19.4. The van der Waals surface area contributed by atoms with Crippen LogP contribution in [0.1, 0.15) is 24.4 Å². The molecule has 1 atom stereocenters. The zero-order chi connectivity index (χ0) is 19.3. The Morgan fingerprint density at radius 3 is 2.39 bits per heavy atom. The quantitative estimate of drug-likeness (QED) is 0.764.